The van der Waals surface area contributed by atoms with E-state index in [0.29, 0.717) is 16.9 Å². The first kappa shape index (κ1) is 21.7. The Morgan fingerprint density at radius 3 is 2.09 bits per heavy atom. The van der Waals surface area contributed by atoms with Crippen molar-refractivity contribution in [2.24, 2.45) is 17.8 Å². The van der Waals surface area contributed by atoms with Gasteiger partial charge < -0.3 is 14.8 Å². The van der Waals surface area contributed by atoms with Gasteiger partial charge in [0.25, 0.3) is 0 Å². The van der Waals surface area contributed by atoms with Crippen LogP contribution in [0.3, 0.4) is 0 Å². The maximum atomic E-state index is 12.8. The summed E-state index contributed by atoms with van der Waals surface area (Å²) in [5, 5.41) is 2.87. The molecule has 4 aliphatic carbocycles. The van der Waals surface area contributed by atoms with Gasteiger partial charge in [-0.05, 0) is 105 Å². The molecular weight excluding hydrogens is 418 g/mol. The van der Waals surface area contributed by atoms with Crippen molar-refractivity contribution in [3.8, 4) is 11.5 Å². The minimum atomic E-state index is -0.226. The number of carbonyl (C=O) groups is 1. The fraction of sp³-hybridized carbons (Fsp3) is 0.519. The smallest absolute Gasteiger partial charge is 0.237 e. The topological polar surface area (TPSA) is 47.6 Å². The molecule has 4 aliphatic rings. The Morgan fingerprint density at radius 1 is 0.938 bits per heavy atom. The van der Waals surface area contributed by atoms with E-state index in [2.05, 4.69) is 29.6 Å². The van der Waals surface area contributed by atoms with Gasteiger partial charge >= 0.3 is 0 Å². The average Bonchev–Trinajstić information content (AvgIpc) is 2.78. The van der Waals surface area contributed by atoms with E-state index >= 15 is 0 Å². The number of ether oxygens (including phenoxy) is 2. The fourth-order valence-corrected chi connectivity index (χ4v) is 7.66. The first-order valence-electron chi connectivity index (χ1n) is 11.8. The van der Waals surface area contributed by atoms with E-state index in [1.165, 1.54) is 55.9 Å². The number of benzene rings is 2. The van der Waals surface area contributed by atoms with Crippen molar-refractivity contribution in [1.29, 1.82) is 0 Å². The number of rotatable bonds is 7. The molecule has 0 aliphatic heterocycles. The summed E-state index contributed by atoms with van der Waals surface area (Å²) >= 11 is 1.51. The van der Waals surface area contributed by atoms with Crippen LogP contribution in [-0.2, 0) is 10.2 Å². The average molecular weight is 452 g/mol. The molecule has 1 N–H and O–H groups in total. The highest BCUT2D eigenvalue weighted by Gasteiger charge is 2.51. The number of nitrogens with one attached hydrogen (secondary N) is 1. The Hall–Kier alpha value is -2.14. The van der Waals surface area contributed by atoms with Crippen LogP contribution in [0.5, 0.6) is 11.5 Å². The Balaban J connectivity index is 1.22. The van der Waals surface area contributed by atoms with Gasteiger partial charge in [0.2, 0.25) is 5.91 Å². The van der Waals surface area contributed by atoms with Crippen molar-refractivity contribution in [3.63, 3.8) is 0 Å². The van der Waals surface area contributed by atoms with E-state index in [1.54, 1.807) is 14.2 Å². The van der Waals surface area contributed by atoms with Crippen molar-refractivity contribution >= 4 is 23.4 Å². The van der Waals surface area contributed by atoms with E-state index in [-0.39, 0.29) is 11.2 Å². The van der Waals surface area contributed by atoms with Gasteiger partial charge in [-0.25, -0.2) is 0 Å². The van der Waals surface area contributed by atoms with Crippen LogP contribution in [0.15, 0.2) is 47.4 Å². The summed E-state index contributed by atoms with van der Waals surface area (Å²) in [5.74, 6) is 4.19. The second kappa shape index (κ2) is 8.66. The van der Waals surface area contributed by atoms with Gasteiger partial charge in [0.1, 0.15) is 0 Å². The molecule has 0 saturated heterocycles. The van der Waals surface area contributed by atoms with Crippen LogP contribution in [0.25, 0.3) is 0 Å². The molecule has 4 fully saturated rings. The molecule has 0 heterocycles. The van der Waals surface area contributed by atoms with E-state index in [9.17, 15) is 4.79 Å². The molecule has 0 spiro atoms. The molecule has 4 saturated carbocycles. The molecule has 2 aromatic carbocycles. The number of methoxy groups -OCH3 is 2. The molecule has 170 valence electrons. The van der Waals surface area contributed by atoms with Crippen LogP contribution in [0.4, 0.5) is 5.69 Å². The highest BCUT2D eigenvalue weighted by atomic mass is 32.2. The van der Waals surface area contributed by atoms with Gasteiger partial charge in [-0.3, -0.25) is 4.79 Å². The Morgan fingerprint density at radius 2 is 1.53 bits per heavy atom. The Kier molecular flexibility index (Phi) is 5.87. The minimum Gasteiger partial charge on any atom is -0.493 e. The fourth-order valence-electron chi connectivity index (χ4n) is 6.76. The van der Waals surface area contributed by atoms with E-state index in [1.807, 2.05) is 25.1 Å². The number of hydrogen-bond donors (Lipinski definition) is 1. The maximum Gasteiger partial charge on any atom is 0.237 e. The predicted molar refractivity (Wildman–Crippen MR) is 130 cm³/mol. The quantitative estimate of drug-likeness (QED) is 0.503. The highest BCUT2D eigenvalue weighted by molar-refractivity contribution is 8.00. The lowest BCUT2D eigenvalue weighted by Crippen LogP contribution is -2.48. The molecule has 2 aromatic rings. The monoisotopic (exact) mass is 451 g/mol. The number of anilines is 1. The predicted octanol–water partition coefficient (Wildman–Crippen LogP) is 6.29. The third-order valence-corrected chi connectivity index (χ3v) is 8.93. The zero-order valence-corrected chi connectivity index (χ0v) is 20.0. The van der Waals surface area contributed by atoms with Crippen LogP contribution in [-0.4, -0.2) is 25.4 Å². The summed E-state index contributed by atoms with van der Waals surface area (Å²) < 4.78 is 10.7. The number of thioether (sulfide) groups is 1. The van der Waals surface area contributed by atoms with Crippen molar-refractivity contribution in [1.82, 2.24) is 0 Å². The first-order valence-corrected chi connectivity index (χ1v) is 12.7. The Labute approximate surface area is 195 Å². The lowest BCUT2D eigenvalue weighted by molar-refractivity contribution is -0.115. The lowest BCUT2D eigenvalue weighted by Gasteiger charge is -2.57. The number of carbonyl (C=O) groups excluding carboxylic acids is 1. The summed E-state index contributed by atoms with van der Waals surface area (Å²) in [6.07, 6.45) is 8.48. The van der Waals surface area contributed by atoms with Gasteiger partial charge in [-0.15, -0.1) is 11.8 Å². The second-order valence-electron chi connectivity index (χ2n) is 10.0. The minimum absolute atomic E-state index is 0.00680. The van der Waals surface area contributed by atoms with Crippen molar-refractivity contribution in [2.75, 3.05) is 19.5 Å². The summed E-state index contributed by atoms with van der Waals surface area (Å²) in [5.41, 5.74) is 2.76. The number of hydrogen-bond acceptors (Lipinski definition) is 4. The van der Waals surface area contributed by atoms with Gasteiger partial charge in [-0.2, -0.15) is 0 Å². The molecule has 4 nitrogen and oxygen atoms in total. The number of amides is 1. The van der Waals surface area contributed by atoms with Gasteiger partial charge in [0, 0.05) is 10.6 Å². The zero-order valence-electron chi connectivity index (χ0n) is 19.2. The molecule has 0 aromatic heterocycles. The Bertz CT molecular complexity index is 952. The van der Waals surface area contributed by atoms with Crippen molar-refractivity contribution in [3.05, 3.63) is 48.0 Å². The normalized spacial score (nSPS) is 28.9. The molecule has 0 unspecified atom stereocenters. The van der Waals surface area contributed by atoms with Crippen LogP contribution >= 0.6 is 11.8 Å². The zero-order chi connectivity index (χ0) is 22.3. The SMILES string of the molecule is COc1ccc(S[C@H](C)C(=O)Nc2ccc(C34CC5CC(CC(C5)C3)C4)cc2)cc1OC. The lowest BCUT2D eigenvalue weighted by atomic mass is 9.48. The molecular formula is C27H33NO3S. The van der Waals surface area contributed by atoms with Crippen molar-refractivity contribution < 1.29 is 14.3 Å². The first-order chi connectivity index (χ1) is 15.5. The molecule has 5 heteroatoms. The highest BCUT2D eigenvalue weighted by Crippen LogP contribution is 2.60. The van der Waals surface area contributed by atoms with Crippen LogP contribution in [0.1, 0.15) is 51.0 Å². The third kappa shape index (κ3) is 4.12. The maximum absolute atomic E-state index is 12.8. The summed E-state index contributed by atoms with van der Waals surface area (Å²) in [7, 11) is 3.24. The summed E-state index contributed by atoms with van der Waals surface area (Å²) in [6.45, 7) is 1.93. The largest absolute Gasteiger partial charge is 0.493 e. The van der Waals surface area contributed by atoms with Gasteiger partial charge in [0.05, 0.1) is 19.5 Å². The van der Waals surface area contributed by atoms with Crippen LogP contribution < -0.4 is 14.8 Å². The third-order valence-electron chi connectivity index (χ3n) is 7.84. The van der Waals surface area contributed by atoms with Gasteiger partial charge in [-0.1, -0.05) is 12.1 Å². The van der Waals surface area contributed by atoms with Crippen molar-refractivity contribution in [2.45, 2.75) is 61.0 Å². The molecule has 4 bridgehead atoms. The van der Waals surface area contributed by atoms with Crippen LogP contribution in [0, 0.1) is 17.8 Å². The molecule has 0 radical (unpaired) electrons. The molecule has 6 rings (SSSR count). The summed E-state index contributed by atoms with van der Waals surface area (Å²) in [6, 6.07) is 14.5. The van der Waals surface area contributed by atoms with E-state index < -0.39 is 0 Å². The second-order valence-corrected chi connectivity index (χ2v) is 11.5. The molecule has 1 amide bonds. The summed E-state index contributed by atoms with van der Waals surface area (Å²) in [4.78, 5) is 13.8. The molecule has 32 heavy (non-hydrogen) atoms. The molecule has 1 atom stereocenters. The van der Waals surface area contributed by atoms with Gasteiger partial charge in [0.15, 0.2) is 11.5 Å². The van der Waals surface area contributed by atoms with E-state index in [0.717, 1.165) is 28.3 Å². The van der Waals surface area contributed by atoms with E-state index in [4.69, 9.17) is 9.47 Å². The standard InChI is InChI=1S/C27H33NO3S/c1-17(32-23-8-9-24(30-2)25(13-23)31-3)26(29)28-22-6-4-21(5-7-22)27-14-18-10-19(15-27)12-20(11-18)16-27/h4-9,13,17-20H,10-12,14-16H2,1-3H3,(H,28,29)/t17-,18?,19?,20?,27?/m1/s1. The van der Waals surface area contributed by atoms with Crippen LogP contribution in [0.2, 0.25) is 0 Å².